The van der Waals surface area contributed by atoms with Crippen molar-refractivity contribution >= 4 is 5.78 Å². The van der Waals surface area contributed by atoms with Gasteiger partial charge in [0.05, 0.1) is 12.7 Å². The Morgan fingerprint density at radius 1 is 0.828 bits per heavy atom. The summed E-state index contributed by atoms with van der Waals surface area (Å²) in [7, 11) is 0. The second-order valence-electron chi connectivity index (χ2n) is 13.7. The Hall–Kier alpha value is -0.370. The molecule has 0 aromatic rings. The summed E-state index contributed by atoms with van der Waals surface area (Å²) in [5, 5.41) is 0. The van der Waals surface area contributed by atoms with Crippen LogP contribution in [0.3, 0.4) is 0 Å². The number of hydrogen-bond acceptors (Lipinski definition) is 2. The van der Waals surface area contributed by atoms with Gasteiger partial charge in [-0.25, -0.2) is 0 Å². The molecule has 0 amide bonds. The van der Waals surface area contributed by atoms with Gasteiger partial charge in [-0.15, -0.1) is 0 Å². The zero-order valence-corrected chi connectivity index (χ0v) is 19.5. The van der Waals surface area contributed by atoms with Crippen LogP contribution in [-0.2, 0) is 9.53 Å². The van der Waals surface area contributed by atoms with E-state index in [1.54, 1.807) is 0 Å². The highest BCUT2D eigenvalue weighted by Crippen LogP contribution is 2.77. The minimum atomic E-state index is 0.272. The highest BCUT2D eigenvalue weighted by molar-refractivity contribution is 5.84. The average molecular weight is 399 g/mol. The predicted octanol–water partition coefficient (Wildman–Crippen LogP) is 6.42. The number of Topliss-reactive ketones (excluding diaryl/α,β-unsaturated/α-hetero) is 1. The standard InChI is InChI=1S/C27H42O2/c1-23(2)12-14-27-15-13-25(4)18(21(27)22(23)29-16-27)6-7-20-24(3)10-9-19(28)17(24)8-11-26(20,25)5/h17-18,20-22H,6-16H2,1-5H3/t17-,18+,20+,21-,22-,24-,25+,26+,27+/m0/s1. The van der Waals surface area contributed by atoms with Crippen molar-refractivity contribution in [3.63, 3.8) is 0 Å². The first-order valence-electron chi connectivity index (χ1n) is 12.7. The van der Waals surface area contributed by atoms with Gasteiger partial charge in [-0.1, -0.05) is 34.6 Å². The topological polar surface area (TPSA) is 26.3 Å². The van der Waals surface area contributed by atoms with Gasteiger partial charge in [-0.05, 0) is 103 Å². The first-order chi connectivity index (χ1) is 13.6. The molecule has 0 aromatic heterocycles. The molecule has 2 bridgehead atoms. The van der Waals surface area contributed by atoms with E-state index in [2.05, 4.69) is 34.6 Å². The third kappa shape index (κ3) is 2.07. The van der Waals surface area contributed by atoms with Crippen molar-refractivity contribution in [1.29, 1.82) is 0 Å². The molecule has 2 nitrogen and oxygen atoms in total. The second-order valence-corrected chi connectivity index (χ2v) is 13.7. The van der Waals surface area contributed by atoms with Gasteiger partial charge in [-0.2, -0.15) is 0 Å². The molecule has 0 N–H and O–H groups in total. The van der Waals surface area contributed by atoms with Gasteiger partial charge in [0.2, 0.25) is 0 Å². The van der Waals surface area contributed by atoms with Gasteiger partial charge < -0.3 is 4.74 Å². The van der Waals surface area contributed by atoms with E-state index in [1.807, 2.05) is 0 Å². The van der Waals surface area contributed by atoms with Crippen LogP contribution in [0.5, 0.6) is 0 Å². The van der Waals surface area contributed by atoms with Crippen molar-refractivity contribution in [3.8, 4) is 0 Å². The van der Waals surface area contributed by atoms with Crippen LogP contribution in [0.1, 0.15) is 98.8 Å². The number of hydrogen-bond donors (Lipinski definition) is 0. The number of rotatable bonds is 0. The van der Waals surface area contributed by atoms with Crippen LogP contribution in [0.15, 0.2) is 0 Å². The van der Waals surface area contributed by atoms with Crippen LogP contribution < -0.4 is 0 Å². The van der Waals surface area contributed by atoms with E-state index in [9.17, 15) is 4.79 Å². The molecule has 6 aliphatic rings. The molecule has 6 fully saturated rings. The summed E-state index contributed by atoms with van der Waals surface area (Å²) >= 11 is 0. The van der Waals surface area contributed by atoms with E-state index < -0.39 is 0 Å². The van der Waals surface area contributed by atoms with Crippen LogP contribution in [0, 0.1) is 50.7 Å². The van der Waals surface area contributed by atoms with Crippen LogP contribution in [0.4, 0.5) is 0 Å². The van der Waals surface area contributed by atoms with Gasteiger partial charge in [0.15, 0.2) is 0 Å². The summed E-state index contributed by atoms with van der Waals surface area (Å²) in [4.78, 5) is 12.7. The third-order valence-corrected chi connectivity index (χ3v) is 12.7. The van der Waals surface area contributed by atoms with Crippen LogP contribution in [0.25, 0.3) is 0 Å². The molecular formula is C27H42O2. The molecule has 5 aliphatic carbocycles. The maximum Gasteiger partial charge on any atom is 0.136 e. The molecule has 0 spiro atoms. The van der Waals surface area contributed by atoms with Crippen LogP contribution in [-0.4, -0.2) is 18.5 Å². The summed E-state index contributed by atoms with van der Waals surface area (Å²) in [6.07, 6.45) is 13.2. The first kappa shape index (κ1) is 19.3. The smallest absolute Gasteiger partial charge is 0.136 e. The number of carbonyl (C=O) groups excluding carboxylic acids is 1. The van der Waals surface area contributed by atoms with Gasteiger partial charge in [0, 0.05) is 12.3 Å². The molecule has 9 atom stereocenters. The summed E-state index contributed by atoms with van der Waals surface area (Å²) in [6, 6.07) is 0. The molecule has 162 valence electrons. The summed E-state index contributed by atoms with van der Waals surface area (Å²) in [6.45, 7) is 13.9. The number of fused-ring (bicyclic) bond motifs is 5. The molecule has 6 rings (SSSR count). The first-order valence-corrected chi connectivity index (χ1v) is 12.7. The third-order valence-electron chi connectivity index (χ3n) is 12.7. The summed E-state index contributed by atoms with van der Waals surface area (Å²) in [5.74, 6) is 3.29. The molecular weight excluding hydrogens is 356 g/mol. The predicted molar refractivity (Wildman–Crippen MR) is 115 cm³/mol. The maximum atomic E-state index is 12.7. The lowest BCUT2D eigenvalue weighted by atomic mass is 9.33. The normalized spacial score (nSPS) is 60.2. The van der Waals surface area contributed by atoms with Gasteiger partial charge >= 0.3 is 0 Å². The SMILES string of the molecule is CC1(C)CC[C@]23CC[C@]4(C)[C@H](CC[C@@H]5[C@@]6(C)CCC(=O)[C@@H]6CC[C@]54C)[C@H]2[C@@H]1OC3. The zero-order valence-electron chi connectivity index (χ0n) is 19.5. The van der Waals surface area contributed by atoms with Crippen molar-refractivity contribution in [3.05, 3.63) is 0 Å². The Balaban J connectivity index is 1.42. The minimum Gasteiger partial charge on any atom is -0.377 e. The highest BCUT2D eigenvalue weighted by atomic mass is 16.5. The lowest BCUT2D eigenvalue weighted by Gasteiger charge is -2.70. The number of ether oxygens (including phenoxy) is 1. The van der Waals surface area contributed by atoms with Crippen molar-refractivity contribution in [2.45, 2.75) is 105 Å². The minimum absolute atomic E-state index is 0.272. The van der Waals surface area contributed by atoms with Crippen molar-refractivity contribution in [2.75, 3.05) is 6.61 Å². The van der Waals surface area contributed by atoms with E-state index in [-0.39, 0.29) is 5.41 Å². The Kier molecular flexibility index (Phi) is 3.67. The Bertz CT molecular complexity index is 756. The molecule has 5 saturated carbocycles. The van der Waals surface area contributed by atoms with Crippen molar-refractivity contribution < 1.29 is 9.53 Å². The lowest BCUT2D eigenvalue weighted by molar-refractivity contribution is -0.221. The fourth-order valence-corrected chi connectivity index (χ4v) is 10.8. The van der Waals surface area contributed by atoms with E-state index >= 15 is 0 Å². The number of carbonyl (C=O) groups is 1. The quantitative estimate of drug-likeness (QED) is 0.470. The highest BCUT2D eigenvalue weighted by Gasteiger charge is 2.72. The van der Waals surface area contributed by atoms with Crippen LogP contribution in [0.2, 0.25) is 0 Å². The summed E-state index contributed by atoms with van der Waals surface area (Å²) in [5.41, 5.74) is 1.91. The van der Waals surface area contributed by atoms with E-state index in [4.69, 9.17) is 4.74 Å². The molecule has 1 saturated heterocycles. The Morgan fingerprint density at radius 2 is 1.59 bits per heavy atom. The maximum absolute atomic E-state index is 12.7. The fraction of sp³-hybridized carbons (Fsp3) is 0.963. The van der Waals surface area contributed by atoms with Gasteiger partial charge in [-0.3, -0.25) is 4.79 Å². The summed E-state index contributed by atoms with van der Waals surface area (Å²) < 4.78 is 6.65. The molecule has 0 aromatic carbocycles. The molecule has 1 aliphatic heterocycles. The van der Waals surface area contributed by atoms with Crippen molar-refractivity contribution in [1.82, 2.24) is 0 Å². The second kappa shape index (κ2) is 5.51. The van der Waals surface area contributed by atoms with Gasteiger partial charge in [0.25, 0.3) is 0 Å². The monoisotopic (exact) mass is 398 g/mol. The average Bonchev–Trinajstić information content (AvgIpc) is 3.16. The zero-order chi connectivity index (χ0) is 20.4. The van der Waals surface area contributed by atoms with E-state index in [0.717, 1.165) is 43.6 Å². The van der Waals surface area contributed by atoms with E-state index in [0.29, 0.717) is 39.5 Å². The van der Waals surface area contributed by atoms with Crippen LogP contribution >= 0.6 is 0 Å². The largest absolute Gasteiger partial charge is 0.377 e. The molecule has 29 heavy (non-hydrogen) atoms. The fourth-order valence-electron chi connectivity index (χ4n) is 10.8. The molecule has 1 heterocycles. The van der Waals surface area contributed by atoms with E-state index in [1.165, 1.54) is 44.9 Å². The Labute approximate surface area is 177 Å². The molecule has 2 heteroatoms. The number of ketones is 1. The molecule has 0 unspecified atom stereocenters. The Morgan fingerprint density at radius 3 is 2.38 bits per heavy atom. The van der Waals surface area contributed by atoms with Crippen molar-refractivity contribution in [2.24, 2.45) is 50.7 Å². The lowest BCUT2D eigenvalue weighted by Crippen LogP contribution is -2.65. The van der Waals surface area contributed by atoms with Gasteiger partial charge in [0.1, 0.15) is 5.78 Å². The molecule has 0 radical (unpaired) electrons.